The van der Waals surface area contributed by atoms with E-state index in [2.05, 4.69) is 51.8 Å². The smallest absolute Gasteiger partial charge is 0.405 e. The molecule has 0 radical (unpaired) electrons. The number of nitrogens with zero attached hydrogens (tertiary/aromatic N) is 5. The largest absolute Gasteiger partial charge is 0.470 e. The van der Waals surface area contributed by atoms with Gasteiger partial charge in [-0.15, -0.1) is 0 Å². The molecule has 6 heterocycles. The van der Waals surface area contributed by atoms with Crippen LogP contribution in [0, 0.1) is 6.92 Å². The number of primary amides is 2. The number of aromatic nitrogens is 5. The number of imidazole rings is 2. The number of amides is 4. The maximum atomic E-state index is 13.9. The highest BCUT2D eigenvalue weighted by atomic mass is 16.6. The van der Waals surface area contributed by atoms with E-state index < -0.39 is 24.4 Å². The van der Waals surface area contributed by atoms with Crippen molar-refractivity contribution in [2.24, 2.45) is 11.5 Å². The molecule has 3 aliphatic rings. The maximum absolute atomic E-state index is 13.9. The topological polar surface area (TPSA) is 217 Å². The van der Waals surface area contributed by atoms with Crippen LogP contribution >= 0.6 is 0 Å². The highest BCUT2D eigenvalue weighted by molar-refractivity contribution is 5.93. The van der Waals surface area contributed by atoms with Gasteiger partial charge in [0.1, 0.15) is 17.4 Å². The molecule has 0 spiro atoms. The molecule has 16 nitrogen and oxygen atoms in total. The first kappa shape index (κ1) is 41.1. The van der Waals surface area contributed by atoms with Gasteiger partial charge in [-0.1, -0.05) is 66.7 Å². The van der Waals surface area contributed by atoms with Gasteiger partial charge in [-0.3, -0.25) is 9.59 Å². The summed E-state index contributed by atoms with van der Waals surface area (Å²) in [6.45, 7) is 5.07. The molecule has 0 bridgehead atoms. The highest BCUT2D eigenvalue weighted by Gasteiger charge is 2.39. The van der Waals surface area contributed by atoms with Crippen LogP contribution in [-0.4, -0.2) is 71.4 Å². The normalized spacial score (nSPS) is 18.7. The molecule has 65 heavy (non-hydrogen) atoms. The van der Waals surface area contributed by atoms with Gasteiger partial charge in [0.25, 0.3) is 11.8 Å². The lowest BCUT2D eigenvalue weighted by molar-refractivity contribution is -0.142. The van der Waals surface area contributed by atoms with Crippen molar-refractivity contribution in [3.8, 4) is 39.5 Å². The number of carbonyl (C=O) groups excluding carboxylic acids is 4. The molecule has 7 aromatic rings. The van der Waals surface area contributed by atoms with Gasteiger partial charge in [-0.05, 0) is 75.4 Å². The maximum Gasteiger partial charge on any atom is 0.405 e. The van der Waals surface area contributed by atoms with E-state index in [4.69, 9.17) is 35.6 Å². The Labute approximate surface area is 373 Å². The number of ether oxygens (including phenoxy) is 3. The molecular weight excluding hydrogens is 827 g/mol. The molecule has 3 unspecified atom stereocenters. The van der Waals surface area contributed by atoms with Crippen molar-refractivity contribution < 1.29 is 33.4 Å². The zero-order valence-corrected chi connectivity index (χ0v) is 35.8. The van der Waals surface area contributed by atoms with Crippen molar-refractivity contribution in [2.75, 3.05) is 13.1 Å². The number of nitrogens with one attached hydrogen (secondary N) is 2. The summed E-state index contributed by atoms with van der Waals surface area (Å²) >= 11 is 0. The standard InChI is InChI=1S/C49H47N9O7/c1-27-21-32(35-26-53-45(55-35)38-16-10-20-57(38)47(60)43(65-49(51)62)30-13-7-4-8-14-30)24-40-41(27)39-23-33-22-31(17-18-36(33)58(39)28(2)63-40)34-25-52-44(54-34)37-15-9-19-56(37)46(59)42(64-48(50)61)29-11-5-3-6-12-29/h3-8,11-14,17-18,21-26,28,37-38,42-43H,9-10,15-16,19-20H2,1-2H3,(H2,50,61)(H2,51,62)(H,52,54)(H,53,55)/t28?,37?,38?,42-,43-/m1/s1. The summed E-state index contributed by atoms with van der Waals surface area (Å²) in [6.07, 6.45) is 1.83. The monoisotopic (exact) mass is 873 g/mol. The molecule has 4 aromatic carbocycles. The summed E-state index contributed by atoms with van der Waals surface area (Å²) in [5, 5.41) is 1.03. The first-order valence-electron chi connectivity index (χ1n) is 21.7. The Balaban J connectivity index is 0.895. The predicted octanol–water partition coefficient (Wildman–Crippen LogP) is 8.31. The number of aromatic amines is 2. The van der Waals surface area contributed by atoms with Crippen LogP contribution < -0.4 is 16.2 Å². The quantitative estimate of drug-likeness (QED) is 0.104. The molecule has 4 amide bonds. The molecule has 3 aromatic heterocycles. The Morgan fingerprint density at radius 1 is 0.708 bits per heavy atom. The Kier molecular flexibility index (Phi) is 10.6. The summed E-state index contributed by atoms with van der Waals surface area (Å²) in [7, 11) is 0. The Bertz CT molecular complexity index is 2960. The van der Waals surface area contributed by atoms with Gasteiger partial charge in [-0.25, -0.2) is 19.6 Å². The number of fused-ring (bicyclic) bond motifs is 5. The minimum Gasteiger partial charge on any atom is -0.470 e. The van der Waals surface area contributed by atoms with E-state index in [-0.39, 0.29) is 30.1 Å². The van der Waals surface area contributed by atoms with Crippen LogP contribution in [0.15, 0.2) is 109 Å². The zero-order valence-electron chi connectivity index (χ0n) is 35.8. The van der Waals surface area contributed by atoms with E-state index in [1.807, 2.05) is 25.1 Å². The van der Waals surface area contributed by atoms with Gasteiger partial charge in [0.05, 0.1) is 47.1 Å². The lowest BCUT2D eigenvalue weighted by Gasteiger charge is -2.29. The van der Waals surface area contributed by atoms with Crippen LogP contribution in [0.3, 0.4) is 0 Å². The summed E-state index contributed by atoms with van der Waals surface area (Å²) in [6, 6.07) is 29.7. The van der Waals surface area contributed by atoms with Crippen LogP contribution in [0.4, 0.5) is 9.59 Å². The molecule has 2 fully saturated rings. The Morgan fingerprint density at radius 3 is 1.78 bits per heavy atom. The molecule has 330 valence electrons. The number of benzene rings is 4. The van der Waals surface area contributed by atoms with Crippen molar-refractivity contribution in [1.29, 1.82) is 0 Å². The van der Waals surface area contributed by atoms with Crippen molar-refractivity contribution in [1.82, 2.24) is 34.3 Å². The predicted molar refractivity (Wildman–Crippen MR) is 240 cm³/mol. The van der Waals surface area contributed by atoms with Crippen LogP contribution in [0.1, 0.15) is 91.5 Å². The van der Waals surface area contributed by atoms with Gasteiger partial charge in [0, 0.05) is 46.3 Å². The fourth-order valence-electron chi connectivity index (χ4n) is 9.80. The average molecular weight is 874 g/mol. The third-order valence-corrected chi connectivity index (χ3v) is 12.7. The average Bonchev–Trinajstić information content (AvgIpc) is 4.16. The molecule has 5 atom stereocenters. The molecule has 0 aliphatic carbocycles. The molecule has 6 N–H and O–H groups in total. The zero-order chi connectivity index (χ0) is 44.9. The van der Waals surface area contributed by atoms with E-state index in [1.165, 1.54) is 0 Å². The van der Waals surface area contributed by atoms with E-state index in [1.54, 1.807) is 70.7 Å². The SMILES string of the molecule is Cc1cc(-c2cnc(C3CCCN3C(=O)[C@H](OC(N)=O)c3ccccc3)[nH]2)cc2c1-c1cc3cc(-c4cnc(C5CCCN5C(=O)[C@H](OC(N)=O)c5ccccc5)[nH]4)ccc3n1C(C)O2. The van der Waals surface area contributed by atoms with E-state index in [0.29, 0.717) is 48.7 Å². The minimum absolute atomic E-state index is 0.311. The van der Waals surface area contributed by atoms with Gasteiger partial charge < -0.3 is 50.0 Å². The number of hydrogen-bond acceptors (Lipinski definition) is 9. The van der Waals surface area contributed by atoms with Crippen LogP contribution in [0.5, 0.6) is 5.75 Å². The summed E-state index contributed by atoms with van der Waals surface area (Å²) in [5.74, 6) is 1.34. The van der Waals surface area contributed by atoms with Gasteiger partial charge >= 0.3 is 12.2 Å². The second kappa shape index (κ2) is 16.7. The van der Waals surface area contributed by atoms with Gasteiger partial charge in [-0.2, -0.15) is 0 Å². The van der Waals surface area contributed by atoms with Crippen molar-refractivity contribution >= 4 is 34.9 Å². The molecule has 0 saturated carbocycles. The summed E-state index contributed by atoms with van der Waals surface area (Å²) in [5.41, 5.74) is 19.3. The van der Waals surface area contributed by atoms with Crippen molar-refractivity contribution in [3.63, 3.8) is 0 Å². The van der Waals surface area contributed by atoms with Crippen molar-refractivity contribution in [2.45, 2.75) is 70.1 Å². The first-order chi connectivity index (χ1) is 31.5. The highest BCUT2D eigenvalue weighted by Crippen LogP contribution is 2.46. The molecule has 2 saturated heterocycles. The van der Waals surface area contributed by atoms with Crippen LogP contribution in [-0.2, 0) is 19.1 Å². The van der Waals surface area contributed by atoms with Crippen LogP contribution in [0.2, 0.25) is 0 Å². The van der Waals surface area contributed by atoms with E-state index in [0.717, 1.165) is 68.8 Å². The minimum atomic E-state index is -1.16. The van der Waals surface area contributed by atoms with Crippen molar-refractivity contribution in [3.05, 3.63) is 138 Å². The third-order valence-electron chi connectivity index (χ3n) is 12.7. The fraction of sp³-hybridized carbons (Fsp3) is 0.265. The summed E-state index contributed by atoms with van der Waals surface area (Å²) in [4.78, 5) is 71.4. The number of hydrogen-bond donors (Lipinski definition) is 4. The first-order valence-corrected chi connectivity index (χ1v) is 21.7. The number of nitrogens with two attached hydrogens (primary N) is 2. The Hall–Kier alpha value is -7.88. The second-order valence-electron chi connectivity index (χ2n) is 16.8. The van der Waals surface area contributed by atoms with E-state index >= 15 is 0 Å². The number of aryl methyl sites for hydroxylation is 1. The van der Waals surface area contributed by atoms with Crippen LogP contribution in [0.25, 0.3) is 44.7 Å². The molecule has 10 rings (SSSR count). The number of likely N-dealkylation sites (tertiary alicyclic amines) is 2. The third kappa shape index (κ3) is 7.59. The lowest BCUT2D eigenvalue weighted by Crippen LogP contribution is -2.37. The summed E-state index contributed by atoms with van der Waals surface area (Å²) < 4.78 is 19.5. The van der Waals surface area contributed by atoms with E-state index in [9.17, 15) is 19.2 Å². The number of H-pyrrole nitrogens is 2. The number of rotatable bonds is 10. The lowest BCUT2D eigenvalue weighted by atomic mass is 9.98. The fourth-order valence-corrected chi connectivity index (χ4v) is 9.80. The molecule has 3 aliphatic heterocycles. The van der Waals surface area contributed by atoms with Gasteiger partial charge in [0.2, 0.25) is 12.2 Å². The second-order valence-corrected chi connectivity index (χ2v) is 16.8. The Morgan fingerprint density at radius 2 is 1.25 bits per heavy atom. The molecule has 16 heteroatoms. The van der Waals surface area contributed by atoms with Gasteiger partial charge in [0.15, 0.2) is 6.23 Å². The number of carbonyl (C=O) groups is 4. The molecular formula is C49H47N9O7.